The first kappa shape index (κ1) is 18.9. The maximum atomic E-state index is 12.6. The molecule has 3 heterocycles. The van der Waals surface area contributed by atoms with E-state index in [1.54, 1.807) is 30.1 Å². The van der Waals surface area contributed by atoms with Gasteiger partial charge in [-0.05, 0) is 24.3 Å². The Morgan fingerprint density at radius 1 is 1.14 bits per heavy atom. The molecule has 3 aromatic rings. The molecular weight excluding hydrogens is 397 g/mol. The van der Waals surface area contributed by atoms with E-state index in [0.717, 1.165) is 24.2 Å². The SMILES string of the molecule is Cn1c(N2CCNC(c3c(Cl)cccc3Cl)C2)nc(-c2ccncc2)cc1=O. The highest BCUT2D eigenvalue weighted by Gasteiger charge is 2.26. The van der Waals surface area contributed by atoms with Crippen LogP contribution in [0.25, 0.3) is 11.3 Å². The zero-order valence-electron chi connectivity index (χ0n) is 15.3. The fraction of sp³-hybridized carbons (Fsp3) is 0.250. The van der Waals surface area contributed by atoms with Crippen LogP contribution in [-0.4, -0.2) is 34.2 Å². The molecule has 2 aromatic heterocycles. The number of hydrogen-bond donors (Lipinski definition) is 1. The van der Waals surface area contributed by atoms with E-state index in [4.69, 9.17) is 28.2 Å². The largest absolute Gasteiger partial charge is 0.339 e. The molecule has 8 heteroatoms. The Morgan fingerprint density at radius 2 is 1.86 bits per heavy atom. The van der Waals surface area contributed by atoms with Crippen LogP contribution in [0.2, 0.25) is 10.0 Å². The highest BCUT2D eigenvalue weighted by Crippen LogP contribution is 2.32. The summed E-state index contributed by atoms with van der Waals surface area (Å²) in [6, 6.07) is 10.7. The van der Waals surface area contributed by atoms with Gasteiger partial charge < -0.3 is 10.2 Å². The van der Waals surface area contributed by atoms with Gasteiger partial charge in [-0.1, -0.05) is 29.3 Å². The van der Waals surface area contributed by atoms with Crippen molar-refractivity contribution < 1.29 is 0 Å². The van der Waals surface area contributed by atoms with E-state index in [2.05, 4.69) is 15.2 Å². The molecule has 1 saturated heterocycles. The molecule has 0 radical (unpaired) electrons. The minimum Gasteiger partial charge on any atom is -0.339 e. The highest BCUT2D eigenvalue weighted by molar-refractivity contribution is 6.36. The van der Waals surface area contributed by atoms with Crippen LogP contribution in [0.5, 0.6) is 0 Å². The lowest BCUT2D eigenvalue weighted by Gasteiger charge is -2.36. The summed E-state index contributed by atoms with van der Waals surface area (Å²) in [5, 5.41) is 4.71. The van der Waals surface area contributed by atoms with Crippen molar-refractivity contribution in [3.8, 4) is 11.3 Å². The van der Waals surface area contributed by atoms with E-state index in [1.165, 1.54) is 0 Å². The predicted octanol–water partition coefficient (Wildman–Crippen LogP) is 3.30. The van der Waals surface area contributed by atoms with E-state index in [9.17, 15) is 4.79 Å². The molecule has 28 heavy (non-hydrogen) atoms. The molecule has 1 aliphatic rings. The standard InChI is InChI=1S/C20H19Cl2N5O/c1-26-18(28)11-16(13-5-7-23-8-6-13)25-20(26)27-10-9-24-17(12-27)19-14(21)3-2-4-15(19)22/h2-8,11,17,24H,9-10,12H2,1H3. The summed E-state index contributed by atoms with van der Waals surface area (Å²) >= 11 is 12.8. The van der Waals surface area contributed by atoms with Gasteiger partial charge in [0.1, 0.15) is 0 Å². The lowest BCUT2D eigenvalue weighted by Crippen LogP contribution is -2.48. The Bertz CT molecular complexity index is 1030. The topological polar surface area (TPSA) is 63.1 Å². The summed E-state index contributed by atoms with van der Waals surface area (Å²) in [7, 11) is 1.74. The Morgan fingerprint density at radius 3 is 2.57 bits per heavy atom. The molecule has 1 aromatic carbocycles. The van der Waals surface area contributed by atoms with Crippen LogP contribution in [0.4, 0.5) is 5.95 Å². The van der Waals surface area contributed by atoms with E-state index >= 15 is 0 Å². The molecule has 1 fully saturated rings. The van der Waals surface area contributed by atoms with Crippen LogP contribution in [0.1, 0.15) is 11.6 Å². The average molecular weight is 416 g/mol. The van der Waals surface area contributed by atoms with Crippen molar-refractivity contribution in [2.24, 2.45) is 7.05 Å². The lowest BCUT2D eigenvalue weighted by atomic mass is 10.0. The Hall–Kier alpha value is -2.41. The molecule has 0 amide bonds. The third-order valence-electron chi connectivity index (χ3n) is 4.89. The number of rotatable bonds is 3. The van der Waals surface area contributed by atoms with Gasteiger partial charge in [0.05, 0.1) is 11.7 Å². The van der Waals surface area contributed by atoms with Crippen LogP contribution in [0.3, 0.4) is 0 Å². The second-order valence-electron chi connectivity index (χ2n) is 6.66. The minimum absolute atomic E-state index is 0.0589. The molecule has 1 N–H and O–H groups in total. The molecule has 0 saturated carbocycles. The molecule has 144 valence electrons. The molecule has 1 unspecified atom stereocenters. The fourth-order valence-electron chi connectivity index (χ4n) is 3.45. The van der Waals surface area contributed by atoms with Crippen LogP contribution in [0, 0.1) is 0 Å². The number of pyridine rings is 1. The first-order chi connectivity index (χ1) is 13.5. The number of hydrogen-bond acceptors (Lipinski definition) is 5. The smallest absolute Gasteiger partial charge is 0.255 e. The van der Waals surface area contributed by atoms with Crippen molar-refractivity contribution in [2.75, 3.05) is 24.5 Å². The van der Waals surface area contributed by atoms with Crippen LogP contribution in [0.15, 0.2) is 53.6 Å². The third-order valence-corrected chi connectivity index (χ3v) is 5.55. The molecule has 0 aliphatic carbocycles. The van der Waals surface area contributed by atoms with Crippen molar-refractivity contribution in [3.63, 3.8) is 0 Å². The molecular formula is C20H19Cl2N5O. The molecule has 6 nitrogen and oxygen atoms in total. The van der Waals surface area contributed by atoms with Gasteiger partial charge in [0, 0.05) is 66.3 Å². The Balaban J connectivity index is 1.71. The third kappa shape index (κ3) is 3.63. The maximum absolute atomic E-state index is 12.6. The van der Waals surface area contributed by atoms with E-state index < -0.39 is 0 Å². The van der Waals surface area contributed by atoms with Gasteiger partial charge in [-0.3, -0.25) is 14.3 Å². The van der Waals surface area contributed by atoms with Crippen molar-refractivity contribution in [1.82, 2.24) is 19.9 Å². The van der Waals surface area contributed by atoms with Gasteiger partial charge >= 0.3 is 0 Å². The number of halogens is 2. The summed E-state index contributed by atoms with van der Waals surface area (Å²) in [6.45, 7) is 2.05. The first-order valence-corrected chi connectivity index (χ1v) is 9.71. The fourth-order valence-corrected chi connectivity index (χ4v) is 4.11. The van der Waals surface area contributed by atoms with Crippen molar-refractivity contribution in [3.05, 3.63) is 74.8 Å². The van der Waals surface area contributed by atoms with E-state index in [0.29, 0.717) is 28.2 Å². The Kier molecular flexibility index (Phi) is 5.35. The summed E-state index contributed by atoms with van der Waals surface area (Å²) < 4.78 is 1.57. The van der Waals surface area contributed by atoms with Crippen LogP contribution in [-0.2, 0) is 7.05 Å². The quantitative estimate of drug-likeness (QED) is 0.710. The minimum atomic E-state index is -0.109. The van der Waals surface area contributed by atoms with Crippen LogP contribution >= 0.6 is 23.2 Å². The zero-order valence-corrected chi connectivity index (χ0v) is 16.8. The van der Waals surface area contributed by atoms with Crippen molar-refractivity contribution in [1.29, 1.82) is 0 Å². The first-order valence-electron chi connectivity index (χ1n) is 8.95. The van der Waals surface area contributed by atoms with Crippen molar-refractivity contribution >= 4 is 29.2 Å². The maximum Gasteiger partial charge on any atom is 0.255 e. The summed E-state index contributed by atoms with van der Waals surface area (Å²) in [5.74, 6) is 0.619. The number of anilines is 1. The molecule has 1 atom stereocenters. The molecule has 0 bridgehead atoms. The van der Waals surface area contributed by atoms with Gasteiger partial charge in [-0.15, -0.1) is 0 Å². The predicted molar refractivity (Wildman–Crippen MR) is 112 cm³/mol. The van der Waals surface area contributed by atoms with Gasteiger partial charge in [-0.25, -0.2) is 4.98 Å². The van der Waals surface area contributed by atoms with Crippen molar-refractivity contribution in [2.45, 2.75) is 6.04 Å². The summed E-state index contributed by atoms with van der Waals surface area (Å²) in [4.78, 5) is 23.4. The number of piperazine rings is 1. The van der Waals surface area contributed by atoms with Gasteiger partial charge in [0.15, 0.2) is 0 Å². The Labute approximate surface area is 172 Å². The lowest BCUT2D eigenvalue weighted by molar-refractivity contribution is 0.462. The number of aromatic nitrogens is 3. The highest BCUT2D eigenvalue weighted by atomic mass is 35.5. The number of nitrogens with one attached hydrogen (secondary N) is 1. The zero-order chi connectivity index (χ0) is 19.7. The summed E-state index contributed by atoms with van der Waals surface area (Å²) in [5.41, 5.74) is 2.25. The van der Waals surface area contributed by atoms with Gasteiger partial charge in [-0.2, -0.15) is 0 Å². The second-order valence-corrected chi connectivity index (χ2v) is 7.48. The van der Waals surface area contributed by atoms with Gasteiger partial charge in [0.25, 0.3) is 5.56 Å². The number of benzene rings is 1. The second kappa shape index (κ2) is 7.91. The average Bonchev–Trinajstić information content (AvgIpc) is 2.71. The molecule has 4 rings (SSSR count). The number of nitrogens with zero attached hydrogens (tertiary/aromatic N) is 4. The monoisotopic (exact) mass is 415 g/mol. The molecule has 0 spiro atoms. The van der Waals surface area contributed by atoms with E-state index in [-0.39, 0.29) is 11.6 Å². The van der Waals surface area contributed by atoms with E-state index in [1.807, 2.05) is 30.3 Å². The molecule has 1 aliphatic heterocycles. The van der Waals surface area contributed by atoms with Gasteiger partial charge in [0.2, 0.25) is 5.95 Å². The normalized spacial score (nSPS) is 17.0. The van der Waals surface area contributed by atoms with Crippen LogP contribution < -0.4 is 15.8 Å². The summed E-state index contributed by atoms with van der Waals surface area (Å²) in [6.07, 6.45) is 3.38.